The molecule has 1 atom stereocenters. The van der Waals surface area contributed by atoms with Crippen LogP contribution < -0.4 is 10.1 Å². The van der Waals surface area contributed by atoms with E-state index in [2.05, 4.69) is 30.6 Å². The lowest BCUT2D eigenvalue weighted by molar-refractivity contribution is -0.165. The van der Waals surface area contributed by atoms with Crippen LogP contribution in [0.1, 0.15) is 19.3 Å². The highest BCUT2D eigenvalue weighted by molar-refractivity contribution is 7.22. The smallest absolute Gasteiger partial charge is 0.223 e. The summed E-state index contributed by atoms with van der Waals surface area (Å²) in [6.07, 6.45) is 8.63. The molecule has 6 rings (SSSR count). The quantitative estimate of drug-likeness (QED) is 0.164. The predicted octanol–water partition coefficient (Wildman–Crippen LogP) is 5.32. The van der Waals surface area contributed by atoms with Gasteiger partial charge in [-0.1, -0.05) is 23.4 Å². The number of halogens is 2. The summed E-state index contributed by atoms with van der Waals surface area (Å²) in [5.41, 5.74) is 1.46. The second-order valence-electron chi connectivity index (χ2n) is 9.34. The van der Waals surface area contributed by atoms with Gasteiger partial charge in [0.1, 0.15) is 18.1 Å². The van der Waals surface area contributed by atoms with Gasteiger partial charge in [0.05, 0.1) is 36.6 Å². The molecule has 212 valence electrons. The minimum atomic E-state index is -0.628. The van der Waals surface area contributed by atoms with Crippen LogP contribution in [-0.4, -0.2) is 62.6 Å². The van der Waals surface area contributed by atoms with Crippen LogP contribution >= 0.6 is 11.3 Å². The number of aromatic nitrogens is 6. The summed E-state index contributed by atoms with van der Waals surface area (Å²) in [7, 11) is 0. The van der Waals surface area contributed by atoms with Crippen LogP contribution in [0.25, 0.3) is 31.8 Å². The molecule has 1 saturated heterocycles. The Hall–Kier alpha value is -4.07. The monoisotopic (exact) mass is 579 g/mol. The van der Waals surface area contributed by atoms with Gasteiger partial charge in [0, 0.05) is 41.2 Å². The molecule has 41 heavy (non-hydrogen) atoms. The van der Waals surface area contributed by atoms with Gasteiger partial charge in [0.2, 0.25) is 11.9 Å². The van der Waals surface area contributed by atoms with Crippen molar-refractivity contribution in [2.75, 3.05) is 31.7 Å². The first-order valence-electron chi connectivity index (χ1n) is 13.3. The van der Waals surface area contributed by atoms with E-state index >= 15 is 0 Å². The predicted molar refractivity (Wildman–Crippen MR) is 150 cm³/mol. The molecule has 5 aromatic rings. The van der Waals surface area contributed by atoms with Crippen molar-refractivity contribution < 1.29 is 23.0 Å². The fourth-order valence-corrected chi connectivity index (χ4v) is 5.75. The van der Waals surface area contributed by atoms with E-state index in [1.165, 1.54) is 23.6 Å². The number of hydrogen-bond acceptors (Lipinski definition) is 10. The highest BCUT2D eigenvalue weighted by atomic mass is 32.1. The zero-order chi connectivity index (χ0) is 28.0. The molecule has 0 aliphatic carbocycles. The van der Waals surface area contributed by atoms with Crippen LogP contribution in [0.4, 0.5) is 14.7 Å². The van der Waals surface area contributed by atoms with Crippen molar-refractivity contribution in [3.63, 3.8) is 0 Å². The lowest BCUT2D eigenvalue weighted by Crippen LogP contribution is -2.24. The van der Waals surface area contributed by atoms with Gasteiger partial charge in [-0.15, -0.1) is 16.4 Å². The number of nitrogens with one attached hydrogen (secondary N) is 1. The minimum Gasteiger partial charge on any atom is -0.489 e. The van der Waals surface area contributed by atoms with E-state index in [0.29, 0.717) is 48.4 Å². The van der Waals surface area contributed by atoms with Gasteiger partial charge in [-0.3, -0.25) is 4.68 Å². The van der Waals surface area contributed by atoms with E-state index in [0.717, 1.165) is 41.1 Å². The molecule has 1 aromatic carbocycles. The SMILES string of the molecule is Fc1cc(-c2cccc3cc(-c4nc(NCCn5ccnn5)ncc4F)sc23)c(OCCOC2CCCCO2)cn1. The number of benzene rings is 1. The van der Waals surface area contributed by atoms with E-state index in [1.54, 1.807) is 17.1 Å². The molecule has 1 fully saturated rings. The maximum atomic E-state index is 14.9. The summed E-state index contributed by atoms with van der Waals surface area (Å²) in [6, 6.07) is 8.88. The van der Waals surface area contributed by atoms with Crippen LogP contribution in [0.2, 0.25) is 0 Å². The molecule has 0 radical (unpaired) electrons. The molecule has 0 bridgehead atoms. The molecule has 1 aliphatic rings. The van der Waals surface area contributed by atoms with Crippen molar-refractivity contribution in [2.24, 2.45) is 0 Å². The number of rotatable bonds is 11. The Labute approximate surface area is 238 Å². The van der Waals surface area contributed by atoms with Crippen molar-refractivity contribution >= 4 is 27.4 Å². The normalized spacial score (nSPS) is 15.3. The molecular weight excluding hydrogens is 552 g/mol. The first kappa shape index (κ1) is 27.1. The van der Waals surface area contributed by atoms with Gasteiger partial charge in [0.15, 0.2) is 12.1 Å². The molecule has 13 heteroatoms. The number of fused-ring (bicyclic) bond motifs is 1. The third-order valence-corrected chi connectivity index (χ3v) is 7.72. The molecule has 10 nitrogen and oxygen atoms in total. The number of anilines is 1. The number of pyridine rings is 1. The summed E-state index contributed by atoms with van der Waals surface area (Å²) in [5, 5.41) is 11.6. The zero-order valence-corrected chi connectivity index (χ0v) is 22.8. The van der Waals surface area contributed by atoms with Crippen molar-refractivity contribution in [3.8, 4) is 27.4 Å². The van der Waals surface area contributed by atoms with Gasteiger partial charge in [-0.2, -0.15) is 4.39 Å². The largest absolute Gasteiger partial charge is 0.489 e. The Morgan fingerprint density at radius 1 is 1.10 bits per heavy atom. The first-order valence-corrected chi connectivity index (χ1v) is 14.1. The van der Waals surface area contributed by atoms with Crippen LogP contribution in [0.15, 0.2) is 55.1 Å². The maximum Gasteiger partial charge on any atom is 0.223 e. The summed E-state index contributed by atoms with van der Waals surface area (Å²) < 4.78 is 49.1. The second kappa shape index (κ2) is 12.6. The van der Waals surface area contributed by atoms with Crippen LogP contribution in [0.5, 0.6) is 5.75 Å². The highest BCUT2D eigenvalue weighted by Crippen LogP contribution is 2.42. The fourth-order valence-electron chi connectivity index (χ4n) is 4.57. The average Bonchev–Trinajstić information content (AvgIpc) is 3.67. The summed E-state index contributed by atoms with van der Waals surface area (Å²) >= 11 is 1.36. The van der Waals surface area contributed by atoms with Crippen molar-refractivity contribution in [1.29, 1.82) is 0 Å². The minimum absolute atomic E-state index is 0.176. The van der Waals surface area contributed by atoms with Gasteiger partial charge in [-0.05, 0) is 30.7 Å². The number of ether oxygens (including phenoxy) is 3. The standard InChI is InChI=1S/C28H27F2N7O3S/c29-21-16-33-28(31-7-9-37-10-8-34-36-37)35-26(21)23-14-18-4-3-5-19(27(18)41-23)20-15-24(30)32-17-22(20)38-12-13-40-25-6-1-2-11-39-25/h3-5,8,10,14-17,25H,1-2,6-7,9,11-13H2,(H,31,33,35). The Morgan fingerprint density at radius 2 is 2.05 bits per heavy atom. The van der Waals surface area contributed by atoms with Gasteiger partial charge >= 0.3 is 0 Å². The van der Waals surface area contributed by atoms with Crippen LogP contribution in [-0.2, 0) is 16.0 Å². The molecule has 0 spiro atoms. The molecule has 0 amide bonds. The van der Waals surface area contributed by atoms with Gasteiger partial charge in [-0.25, -0.2) is 19.3 Å². The molecular formula is C28H27F2N7O3S. The van der Waals surface area contributed by atoms with E-state index in [1.807, 2.05) is 24.3 Å². The second-order valence-corrected chi connectivity index (χ2v) is 10.4. The third kappa shape index (κ3) is 6.47. The summed E-state index contributed by atoms with van der Waals surface area (Å²) in [6.45, 7) is 2.32. The Bertz CT molecular complexity index is 1610. The molecule has 1 N–H and O–H groups in total. The topological polar surface area (TPSA) is 109 Å². The van der Waals surface area contributed by atoms with E-state index < -0.39 is 11.8 Å². The molecule has 0 saturated carbocycles. The maximum absolute atomic E-state index is 14.9. The molecule has 1 aliphatic heterocycles. The molecule has 5 heterocycles. The van der Waals surface area contributed by atoms with E-state index in [-0.39, 0.29) is 18.6 Å². The Kier molecular flexibility index (Phi) is 8.35. The van der Waals surface area contributed by atoms with E-state index in [9.17, 15) is 8.78 Å². The molecule has 1 unspecified atom stereocenters. The van der Waals surface area contributed by atoms with Crippen LogP contribution in [0, 0.1) is 11.8 Å². The lowest BCUT2D eigenvalue weighted by Gasteiger charge is -2.22. The van der Waals surface area contributed by atoms with Crippen molar-refractivity contribution in [2.45, 2.75) is 32.1 Å². The number of hydrogen-bond donors (Lipinski definition) is 1. The van der Waals surface area contributed by atoms with Gasteiger partial charge < -0.3 is 19.5 Å². The Balaban J connectivity index is 1.22. The van der Waals surface area contributed by atoms with E-state index in [4.69, 9.17) is 14.2 Å². The summed E-state index contributed by atoms with van der Waals surface area (Å²) in [5.74, 6) is -0.446. The fraction of sp³-hybridized carbons (Fsp3) is 0.321. The summed E-state index contributed by atoms with van der Waals surface area (Å²) in [4.78, 5) is 12.9. The first-order chi connectivity index (χ1) is 20.1. The van der Waals surface area contributed by atoms with Crippen LogP contribution in [0.3, 0.4) is 0 Å². The third-order valence-electron chi connectivity index (χ3n) is 6.52. The number of nitrogens with zero attached hydrogens (tertiary/aromatic N) is 6. The lowest BCUT2D eigenvalue weighted by atomic mass is 10.0. The molecule has 4 aromatic heterocycles. The number of thiophene rings is 1. The van der Waals surface area contributed by atoms with Crippen molar-refractivity contribution in [3.05, 3.63) is 66.9 Å². The van der Waals surface area contributed by atoms with Gasteiger partial charge in [0.25, 0.3) is 0 Å². The van der Waals surface area contributed by atoms with Crippen molar-refractivity contribution in [1.82, 2.24) is 29.9 Å². The zero-order valence-electron chi connectivity index (χ0n) is 22.0. The average molecular weight is 580 g/mol. The Morgan fingerprint density at radius 3 is 2.90 bits per heavy atom. The highest BCUT2D eigenvalue weighted by Gasteiger charge is 2.18.